The molecule has 1 fully saturated rings. The van der Waals surface area contributed by atoms with Gasteiger partial charge in [0.2, 0.25) is 5.91 Å². The number of carbonyl (C=O) groups is 1. The van der Waals surface area contributed by atoms with Gasteiger partial charge in [-0.3, -0.25) is 14.2 Å². The van der Waals surface area contributed by atoms with Crippen molar-refractivity contribution >= 4 is 28.6 Å². The molecule has 0 N–H and O–H groups in total. The van der Waals surface area contributed by atoms with Crippen LogP contribution in [0.4, 0.5) is 4.39 Å². The molecule has 2 heterocycles. The average molecular weight is 412 g/mol. The molecule has 1 saturated heterocycles. The number of halogens is 1. The summed E-state index contributed by atoms with van der Waals surface area (Å²) in [7, 11) is 0. The Morgan fingerprint density at radius 2 is 1.90 bits per heavy atom. The molecule has 0 aliphatic carbocycles. The van der Waals surface area contributed by atoms with Gasteiger partial charge in [-0.2, -0.15) is 0 Å². The topological polar surface area (TPSA) is 55.2 Å². The number of carbonyl (C=O) groups excluding carboxylic acids is 1. The van der Waals surface area contributed by atoms with Crippen LogP contribution in [0.5, 0.6) is 0 Å². The second kappa shape index (κ2) is 7.99. The van der Waals surface area contributed by atoms with Crippen LogP contribution >= 0.6 is 11.8 Å². The normalized spacial score (nSPS) is 15.1. The summed E-state index contributed by atoms with van der Waals surface area (Å²) in [5.41, 5.74) is 1.19. The summed E-state index contributed by atoms with van der Waals surface area (Å²) >= 11 is 1.24. The first-order valence-electron chi connectivity index (χ1n) is 9.69. The molecule has 0 radical (unpaired) electrons. The van der Waals surface area contributed by atoms with Crippen LogP contribution in [0, 0.1) is 12.7 Å². The second-order valence-corrected chi connectivity index (χ2v) is 8.59. The smallest absolute Gasteiger partial charge is 0.266 e. The Morgan fingerprint density at radius 1 is 1.17 bits per heavy atom. The molecule has 0 bridgehead atoms. The summed E-state index contributed by atoms with van der Waals surface area (Å²) in [5, 5.41) is 0.441. The fourth-order valence-corrected chi connectivity index (χ4v) is 4.55. The molecule has 2 aromatic carbocycles. The lowest BCUT2D eigenvalue weighted by atomic mass is 10.2. The van der Waals surface area contributed by atoms with E-state index in [4.69, 9.17) is 0 Å². The summed E-state index contributed by atoms with van der Waals surface area (Å²) in [6.07, 6.45) is 2.04. The minimum absolute atomic E-state index is 0.0385. The molecule has 1 amide bonds. The monoisotopic (exact) mass is 411 g/mol. The molecular formula is C22H22FN3O2S. The first-order chi connectivity index (χ1) is 14.0. The minimum atomic E-state index is -0.400. The van der Waals surface area contributed by atoms with Crippen LogP contribution < -0.4 is 5.56 Å². The van der Waals surface area contributed by atoms with Gasteiger partial charge in [0.15, 0.2) is 5.16 Å². The largest absolute Gasteiger partial charge is 0.342 e. The van der Waals surface area contributed by atoms with Gasteiger partial charge in [-0.25, -0.2) is 9.37 Å². The zero-order valence-corrected chi connectivity index (χ0v) is 17.2. The van der Waals surface area contributed by atoms with E-state index < -0.39 is 5.25 Å². The van der Waals surface area contributed by atoms with Crippen LogP contribution in [-0.4, -0.2) is 38.7 Å². The number of para-hydroxylation sites is 1. The maximum Gasteiger partial charge on any atom is 0.266 e. The Hall–Kier alpha value is -2.67. The van der Waals surface area contributed by atoms with E-state index in [1.807, 2.05) is 17.9 Å². The zero-order chi connectivity index (χ0) is 20.5. The summed E-state index contributed by atoms with van der Waals surface area (Å²) in [6, 6.07) is 11.7. The van der Waals surface area contributed by atoms with E-state index in [1.165, 1.54) is 22.4 Å². The van der Waals surface area contributed by atoms with E-state index in [1.54, 1.807) is 37.3 Å². The van der Waals surface area contributed by atoms with Crippen LogP contribution in [0.15, 0.2) is 52.4 Å². The van der Waals surface area contributed by atoms with Gasteiger partial charge >= 0.3 is 0 Å². The molecular weight excluding hydrogens is 389 g/mol. The molecule has 1 aliphatic heterocycles. The lowest BCUT2D eigenvalue weighted by molar-refractivity contribution is -0.129. The van der Waals surface area contributed by atoms with Gasteiger partial charge in [0.1, 0.15) is 5.82 Å². The van der Waals surface area contributed by atoms with Crippen LogP contribution in [0.2, 0.25) is 0 Å². The lowest BCUT2D eigenvalue weighted by Crippen LogP contribution is -2.34. The number of amides is 1. The third-order valence-corrected chi connectivity index (χ3v) is 6.25. The van der Waals surface area contributed by atoms with Gasteiger partial charge in [0, 0.05) is 13.1 Å². The Morgan fingerprint density at radius 3 is 2.62 bits per heavy atom. The van der Waals surface area contributed by atoms with Crippen molar-refractivity contribution in [3.8, 4) is 5.69 Å². The van der Waals surface area contributed by atoms with E-state index in [9.17, 15) is 14.0 Å². The summed E-state index contributed by atoms with van der Waals surface area (Å²) in [5.74, 6) is -0.351. The molecule has 0 saturated carbocycles. The third-order valence-electron chi connectivity index (χ3n) is 5.21. The fourth-order valence-electron chi connectivity index (χ4n) is 3.54. The Bertz CT molecular complexity index is 1140. The molecule has 3 aromatic rings. The predicted octanol–water partition coefficient (Wildman–Crippen LogP) is 3.94. The van der Waals surface area contributed by atoms with Crippen LogP contribution in [-0.2, 0) is 4.79 Å². The number of aryl methyl sites for hydroxylation is 1. The number of hydrogen-bond donors (Lipinski definition) is 0. The molecule has 5 nitrogen and oxygen atoms in total. The molecule has 4 rings (SSSR count). The first-order valence-corrected chi connectivity index (χ1v) is 10.6. The van der Waals surface area contributed by atoms with Gasteiger partial charge in [0.25, 0.3) is 5.56 Å². The predicted molar refractivity (Wildman–Crippen MR) is 113 cm³/mol. The molecule has 7 heteroatoms. The average Bonchev–Trinajstić information content (AvgIpc) is 3.25. The summed E-state index contributed by atoms with van der Waals surface area (Å²) in [6.45, 7) is 5.04. The van der Waals surface area contributed by atoms with Gasteiger partial charge in [-0.05, 0) is 56.5 Å². The fraction of sp³-hybridized carbons (Fsp3) is 0.318. The number of hydrogen-bond acceptors (Lipinski definition) is 4. The number of rotatable bonds is 4. The highest BCUT2D eigenvalue weighted by Gasteiger charge is 2.26. The van der Waals surface area contributed by atoms with Crippen LogP contribution in [0.1, 0.15) is 25.3 Å². The lowest BCUT2D eigenvalue weighted by Gasteiger charge is -2.21. The number of benzene rings is 2. The Balaban J connectivity index is 1.82. The molecule has 1 aromatic heterocycles. The Kier molecular flexibility index (Phi) is 5.41. The number of aromatic nitrogens is 2. The second-order valence-electron chi connectivity index (χ2n) is 7.28. The van der Waals surface area contributed by atoms with Crippen LogP contribution in [0.3, 0.4) is 0 Å². The quantitative estimate of drug-likeness (QED) is 0.482. The SMILES string of the molecule is Cc1ccc(-n2c(SC(C)C(=O)N3CCCC3)nc3ccccc3c2=O)cc1F. The highest BCUT2D eigenvalue weighted by atomic mass is 32.2. The number of fused-ring (bicyclic) bond motifs is 1. The van der Waals surface area contributed by atoms with Crippen molar-refractivity contribution < 1.29 is 9.18 Å². The number of nitrogens with zero attached hydrogens (tertiary/aromatic N) is 3. The van der Waals surface area contributed by atoms with Crippen molar-refractivity contribution in [3.05, 3.63) is 64.2 Å². The van der Waals surface area contributed by atoms with Crippen molar-refractivity contribution in [2.45, 2.75) is 37.1 Å². The minimum Gasteiger partial charge on any atom is -0.342 e. The van der Waals surface area contributed by atoms with Gasteiger partial charge in [-0.15, -0.1) is 0 Å². The Labute approximate surface area is 172 Å². The van der Waals surface area contributed by atoms with Gasteiger partial charge in [0.05, 0.1) is 21.8 Å². The molecule has 1 aliphatic rings. The first kappa shape index (κ1) is 19.6. The third kappa shape index (κ3) is 3.79. The number of thioether (sulfide) groups is 1. The standard InChI is InChI=1S/C22H22FN3O2S/c1-14-9-10-16(13-18(14)23)26-21(28)17-7-3-4-8-19(17)24-22(26)29-15(2)20(27)25-11-5-6-12-25/h3-4,7-10,13,15H,5-6,11-12H2,1-2H3. The maximum atomic E-state index is 14.2. The summed E-state index contributed by atoms with van der Waals surface area (Å²) < 4.78 is 15.6. The molecule has 0 spiro atoms. The highest BCUT2D eigenvalue weighted by Crippen LogP contribution is 2.27. The highest BCUT2D eigenvalue weighted by molar-refractivity contribution is 8.00. The molecule has 29 heavy (non-hydrogen) atoms. The maximum absolute atomic E-state index is 14.2. The van der Waals surface area contributed by atoms with Gasteiger partial charge < -0.3 is 4.90 Å². The van der Waals surface area contributed by atoms with Crippen molar-refractivity contribution in [2.24, 2.45) is 0 Å². The van der Waals surface area contributed by atoms with E-state index in [0.717, 1.165) is 25.9 Å². The number of likely N-dealkylation sites (tertiary alicyclic amines) is 1. The van der Waals surface area contributed by atoms with Crippen LogP contribution in [0.25, 0.3) is 16.6 Å². The molecule has 1 atom stereocenters. The zero-order valence-electron chi connectivity index (χ0n) is 16.4. The summed E-state index contributed by atoms with van der Waals surface area (Å²) in [4.78, 5) is 32.5. The van der Waals surface area contributed by atoms with Crippen molar-refractivity contribution in [2.75, 3.05) is 13.1 Å². The van der Waals surface area contributed by atoms with Gasteiger partial charge in [-0.1, -0.05) is 30.0 Å². The van der Waals surface area contributed by atoms with Crippen molar-refractivity contribution in [1.29, 1.82) is 0 Å². The van der Waals surface area contributed by atoms with E-state index in [0.29, 0.717) is 27.3 Å². The van der Waals surface area contributed by atoms with Crippen molar-refractivity contribution in [3.63, 3.8) is 0 Å². The molecule has 1 unspecified atom stereocenters. The molecule has 150 valence electrons. The van der Waals surface area contributed by atoms with E-state index >= 15 is 0 Å². The van der Waals surface area contributed by atoms with E-state index in [-0.39, 0.29) is 17.3 Å². The van der Waals surface area contributed by atoms with E-state index in [2.05, 4.69) is 4.98 Å². The van der Waals surface area contributed by atoms with Crippen molar-refractivity contribution in [1.82, 2.24) is 14.5 Å².